The number of hydrogen-bond donors (Lipinski definition) is 1. The van der Waals surface area contributed by atoms with E-state index >= 15 is 0 Å². The van der Waals surface area contributed by atoms with E-state index in [1.165, 1.54) is 15.4 Å². The lowest BCUT2D eigenvalue weighted by molar-refractivity contribution is 0.574. The SMILES string of the molecule is Cc1cnc(C(C)NCCc2ccccc2)s1. The molecule has 3 heteroatoms. The molecule has 0 saturated heterocycles. The van der Waals surface area contributed by atoms with E-state index in [0.717, 1.165) is 13.0 Å². The Morgan fingerprint density at radius 1 is 1.29 bits per heavy atom. The lowest BCUT2D eigenvalue weighted by atomic mass is 10.1. The third-order valence-electron chi connectivity index (χ3n) is 2.72. The molecule has 0 saturated carbocycles. The van der Waals surface area contributed by atoms with Crippen molar-refractivity contribution in [2.45, 2.75) is 26.3 Å². The number of nitrogens with one attached hydrogen (secondary N) is 1. The number of nitrogens with zero attached hydrogens (tertiary/aromatic N) is 1. The van der Waals surface area contributed by atoms with E-state index in [2.05, 4.69) is 54.5 Å². The maximum atomic E-state index is 4.40. The maximum Gasteiger partial charge on any atom is 0.109 e. The van der Waals surface area contributed by atoms with Crippen molar-refractivity contribution in [2.24, 2.45) is 0 Å². The second-order valence-corrected chi connectivity index (χ2v) is 5.49. The molecule has 0 spiro atoms. The standard InChI is InChI=1S/C14H18N2S/c1-11-10-16-14(17-11)12(2)15-9-8-13-6-4-3-5-7-13/h3-7,10,12,15H,8-9H2,1-2H3. The Balaban J connectivity index is 1.79. The van der Waals surface area contributed by atoms with Crippen LogP contribution in [0.25, 0.3) is 0 Å². The molecule has 0 aliphatic heterocycles. The molecule has 17 heavy (non-hydrogen) atoms. The van der Waals surface area contributed by atoms with Gasteiger partial charge in [0.1, 0.15) is 5.01 Å². The molecular weight excluding hydrogens is 228 g/mol. The molecule has 2 nitrogen and oxygen atoms in total. The van der Waals surface area contributed by atoms with Gasteiger partial charge < -0.3 is 5.32 Å². The van der Waals surface area contributed by atoms with Crippen LogP contribution in [0.15, 0.2) is 36.5 Å². The van der Waals surface area contributed by atoms with Gasteiger partial charge in [-0.3, -0.25) is 0 Å². The number of aromatic nitrogens is 1. The summed E-state index contributed by atoms with van der Waals surface area (Å²) in [5.74, 6) is 0. The van der Waals surface area contributed by atoms with Gasteiger partial charge in [-0.25, -0.2) is 4.98 Å². The van der Waals surface area contributed by atoms with Crippen molar-refractivity contribution in [3.8, 4) is 0 Å². The van der Waals surface area contributed by atoms with Crippen LogP contribution in [0.2, 0.25) is 0 Å². The lowest BCUT2D eigenvalue weighted by Crippen LogP contribution is -2.21. The third kappa shape index (κ3) is 3.65. The Bertz CT molecular complexity index is 450. The fraction of sp³-hybridized carbons (Fsp3) is 0.357. The van der Waals surface area contributed by atoms with Crippen LogP contribution in [0.4, 0.5) is 0 Å². The molecule has 1 unspecified atom stereocenters. The summed E-state index contributed by atoms with van der Waals surface area (Å²) in [4.78, 5) is 5.67. The van der Waals surface area contributed by atoms with E-state index in [1.807, 2.05) is 6.20 Å². The summed E-state index contributed by atoms with van der Waals surface area (Å²) >= 11 is 1.77. The van der Waals surface area contributed by atoms with Gasteiger partial charge in [-0.2, -0.15) is 0 Å². The fourth-order valence-corrected chi connectivity index (χ4v) is 2.54. The Kier molecular flexibility index (Phi) is 4.29. The summed E-state index contributed by atoms with van der Waals surface area (Å²) in [5.41, 5.74) is 1.38. The molecule has 0 fully saturated rings. The smallest absolute Gasteiger partial charge is 0.109 e. The normalized spacial score (nSPS) is 12.6. The van der Waals surface area contributed by atoms with Crippen LogP contribution in [-0.2, 0) is 6.42 Å². The highest BCUT2D eigenvalue weighted by atomic mass is 32.1. The summed E-state index contributed by atoms with van der Waals surface area (Å²) in [5, 5.41) is 4.69. The van der Waals surface area contributed by atoms with Crippen molar-refractivity contribution in [2.75, 3.05) is 6.54 Å². The molecule has 0 radical (unpaired) electrons. The molecule has 1 aromatic heterocycles. The van der Waals surface area contributed by atoms with Crippen molar-refractivity contribution in [1.29, 1.82) is 0 Å². The zero-order valence-corrected chi connectivity index (χ0v) is 11.1. The van der Waals surface area contributed by atoms with E-state index < -0.39 is 0 Å². The third-order valence-corrected chi connectivity index (χ3v) is 3.81. The van der Waals surface area contributed by atoms with Crippen molar-refractivity contribution in [3.63, 3.8) is 0 Å². The van der Waals surface area contributed by atoms with Crippen molar-refractivity contribution in [3.05, 3.63) is 52.0 Å². The van der Waals surface area contributed by atoms with Gasteiger partial charge in [-0.05, 0) is 32.4 Å². The second kappa shape index (κ2) is 5.94. The quantitative estimate of drug-likeness (QED) is 0.875. The number of aryl methyl sites for hydroxylation is 1. The first kappa shape index (κ1) is 12.3. The second-order valence-electron chi connectivity index (χ2n) is 4.22. The van der Waals surface area contributed by atoms with E-state index in [4.69, 9.17) is 0 Å². The molecule has 1 N–H and O–H groups in total. The average Bonchev–Trinajstić information content (AvgIpc) is 2.77. The molecule has 0 bridgehead atoms. The molecule has 2 rings (SSSR count). The topological polar surface area (TPSA) is 24.9 Å². The number of hydrogen-bond acceptors (Lipinski definition) is 3. The highest BCUT2D eigenvalue weighted by molar-refractivity contribution is 7.11. The van der Waals surface area contributed by atoms with Gasteiger partial charge in [0, 0.05) is 11.1 Å². The van der Waals surface area contributed by atoms with Crippen molar-refractivity contribution in [1.82, 2.24) is 10.3 Å². The highest BCUT2D eigenvalue weighted by Crippen LogP contribution is 2.18. The van der Waals surface area contributed by atoms with Crippen LogP contribution in [0.5, 0.6) is 0 Å². The fourth-order valence-electron chi connectivity index (χ4n) is 1.74. The minimum absolute atomic E-state index is 0.345. The van der Waals surface area contributed by atoms with Crippen LogP contribution in [0.3, 0.4) is 0 Å². The number of benzene rings is 1. The molecule has 0 amide bonds. The molecule has 1 aromatic carbocycles. The van der Waals surface area contributed by atoms with E-state index in [9.17, 15) is 0 Å². The first-order chi connectivity index (χ1) is 8.25. The first-order valence-electron chi connectivity index (χ1n) is 5.95. The zero-order chi connectivity index (χ0) is 12.1. The monoisotopic (exact) mass is 246 g/mol. The Morgan fingerprint density at radius 2 is 2.06 bits per heavy atom. The number of thiazole rings is 1. The van der Waals surface area contributed by atoms with E-state index in [0.29, 0.717) is 6.04 Å². The van der Waals surface area contributed by atoms with E-state index in [-0.39, 0.29) is 0 Å². The summed E-state index contributed by atoms with van der Waals surface area (Å²) in [6.07, 6.45) is 3.00. The lowest BCUT2D eigenvalue weighted by Gasteiger charge is -2.10. The average molecular weight is 246 g/mol. The summed E-state index contributed by atoms with van der Waals surface area (Å²) in [6, 6.07) is 10.9. The van der Waals surface area contributed by atoms with Crippen molar-refractivity contribution < 1.29 is 0 Å². The molecule has 0 aliphatic carbocycles. The van der Waals surface area contributed by atoms with Crippen LogP contribution in [0.1, 0.15) is 28.4 Å². The van der Waals surface area contributed by atoms with Crippen molar-refractivity contribution >= 4 is 11.3 Å². The van der Waals surface area contributed by atoms with Crippen LogP contribution >= 0.6 is 11.3 Å². The molecule has 1 atom stereocenters. The minimum Gasteiger partial charge on any atom is -0.308 e. The summed E-state index contributed by atoms with van der Waals surface area (Å²) in [7, 11) is 0. The molecule has 0 aliphatic rings. The van der Waals surface area contributed by atoms with Crippen LogP contribution in [-0.4, -0.2) is 11.5 Å². The zero-order valence-electron chi connectivity index (χ0n) is 10.3. The highest BCUT2D eigenvalue weighted by Gasteiger charge is 2.07. The van der Waals surface area contributed by atoms with Gasteiger partial charge in [-0.15, -0.1) is 11.3 Å². The van der Waals surface area contributed by atoms with Crippen LogP contribution in [0, 0.1) is 6.92 Å². The predicted molar refractivity (Wildman–Crippen MR) is 73.4 cm³/mol. The summed E-state index contributed by atoms with van der Waals surface area (Å²) < 4.78 is 0. The number of rotatable bonds is 5. The molecule has 90 valence electrons. The summed E-state index contributed by atoms with van der Waals surface area (Å²) in [6.45, 7) is 5.25. The van der Waals surface area contributed by atoms with Gasteiger partial charge in [0.25, 0.3) is 0 Å². The minimum atomic E-state index is 0.345. The van der Waals surface area contributed by atoms with Gasteiger partial charge >= 0.3 is 0 Å². The van der Waals surface area contributed by atoms with Crippen LogP contribution < -0.4 is 5.32 Å². The maximum absolute atomic E-state index is 4.40. The van der Waals surface area contributed by atoms with Gasteiger partial charge in [0.15, 0.2) is 0 Å². The Labute approximate surface area is 107 Å². The van der Waals surface area contributed by atoms with E-state index in [1.54, 1.807) is 11.3 Å². The Morgan fingerprint density at radius 3 is 2.71 bits per heavy atom. The van der Waals surface area contributed by atoms with Gasteiger partial charge in [0.05, 0.1) is 6.04 Å². The first-order valence-corrected chi connectivity index (χ1v) is 6.77. The predicted octanol–water partition coefficient (Wildman–Crippen LogP) is 3.34. The Hall–Kier alpha value is -1.19. The van der Waals surface area contributed by atoms with Gasteiger partial charge in [0.2, 0.25) is 0 Å². The largest absolute Gasteiger partial charge is 0.308 e. The molecule has 2 aromatic rings. The van der Waals surface area contributed by atoms with Gasteiger partial charge in [-0.1, -0.05) is 30.3 Å². The molecular formula is C14H18N2S. The molecule has 1 heterocycles.